The molecule has 0 spiro atoms. The molecule has 1 saturated carbocycles. The van der Waals surface area contributed by atoms with Crippen LogP contribution < -0.4 is 24.3 Å². The van der Waals surface area contributed by atoms with Crippen LogP contribution in [0.15, 0.2) is 146 Å². The largest absolute Gasteiger partial charge is 0.497 e. The summed E-state index contributed by atoms with van der Waals surface area (Å²) in [5.74, 6) is 3.69. The van der Waals surface area contributed by atoms with Crippen molar-refractivity contribution in [3.8, 4) is 56.4 Å². The Bertz CT molecular complexity index is 3580. The minimum Gasteiger partial charge on any atom is -0.497 e. The summed E-state index contributed by atoms with van der Waals surface area (Å²) in [6.07, 6.45) is 9.96. The highest BCUT2D eigenvalue weighted by molar-refractivity contribution is 6.11. The Morgan fingerprint density at radius 2 is 1.30 bits per heavy atom. The fourth-order valence-corrected chi connectivity index (χ4v) is 13.1. The van der Waals surface area contributed by atoms with E-state index in [4.69, 9.17) is 18.9 Å². The highest BCUT2D eigenvalue weighted by atomic mass is 19.4. The third-order valence-corrected chi connectivity index (χ3v) is 17.2. The van der Waals surface area contributed by atoms with Gasteiger partial charge in [0.15, 0.2) is 5.60 Å². The zero-order chi connectivity index (χ0) is 55.4. The van der Waals surface area contributed by atoms with E-state index in [2.05, 4.69) is 36.5 Å². The van der Waals surface area contributed by atoms with Gasteiger partial charge in [-0.05, 0) is 185 Å². The molecule has 0 aromatic heterocycles. The first-order valence-electron chi connectivity index (χ1n) is 27.8. The Kier molecular flexibility index (Phi) is 14.2. The number of aryl methyl sites for hydroxylation is 2. The maximum absolute atomic E-state index is 15.3. The zero-order valence-corrected chi connectivity index (χ0v) is 46.4. The van der Waals surface area contributed by atoms with Gasteiger partial charge in [-0.1, -0.05) is 125 Å². The quantitative estimate of drug-likeness (QED) is 0.110. The van der Waals surface area contributed by atoms with Crippen molar-refractivity contribution in [2.75, 3.05) is 26.6 Å². The Morgan fingerprint density at radius 3 is 1.89 bits per heavy atom. The van der Waals surface area contributed by atoms with E-state index in [0.717, 1.165) is 61.4 Å². The smallest absolute Gasteiger partial charge is 0.416 e. The molecule has 79 heavy (non-hydrogen) atoms. The monoisotopic (exact) mass is 1060 g/mol. The van der Waals surface area contributed by atoms with Gasteiger partial charge in [0.05, 0.1) is 26.9 Å². The lowest BCUT2D eigenvalue weighted by Crippen LogP contribution is -2.35. The summed E-state index contributed by atoms with van der Waals surface area (Å²) < 4.78 is 70.9. The van der Waals surface area contributed by atoms with Crippen molar-refractivity contribution in [3.05, 3.63) is 201 Å². The molecule has 0 unspecified atom stereocenters. The lowest BCUT2D eigenvalue weighted by atomic mass is 9.75. The number of hydrogen-bond donors (Lipinski definition) is 1. The zero-order valence-electron chi connectivity index (χ0n) is 46.4. The molecule has 1 heterocycles. The van der Waals surface area contributed by atoms with Crippen LogP contribution in [0.25, 0.3) is 50.2 Å². The van der Waals surface area contributed by atoms with Gasteiger partial charge in [-0.25, -0.2) is 0 Å². The minimum absolute atomic E-state index is 0.226. The normalized spacial score (nSPS) is 16.8. The highest BCUT2D eigenvalue weighted by Crippen LogP contribution is 2.61. The predicted molar refractivity (Wildman–Crippen MR) is 313 cm³/mol. The summed E-state index contributed by atoms with van der Waals surface area (Å²) in [5, 5.41) is 4.51. The molecule has 2 aliphatic carbocycles. The minimum atomic E-state index is -4.61. The maximum Gasteiger partial charge on any atom is 0.416 e. The molecule has 1 amide bonds. The second-order valence-electron chi connectivity index (χ2n) is 22.5. The molecule has 3 aliphatic rings. The van der Waals surface area contributed by atoms with Crippen LogP contribution in [-0.4, -0.2) is 27.2 Å². The molecule has 8 aromatic rings. The van der Waals surface area contributed by atoms with E-state index < -0.39 is 22.8 Å². The summed E-state index contributed by atoms with van der Waals surface area (Å²) in [7, 11) is 4.86. The summed E-state index contributed by atoms with van der Waals surface area (Å²) in [5.41, 5.74) is 9.30. The van der Waals surface area contributed by atoms with Crippen molar-refractivity contribution in [1.82, 2.24) is 0 Å². The lowest BCUT2D eigenvalue weighted by Gasteiger charge is -2.38. The van der Waals surface area contributed by atoms with Crippen molar-refractivity contribution >= 4 is 28.4 Å². The van der Waals surface area contributed by atoms with E-state index in [-0.39, 0.29) is 11.5 Å². The Morgan fingerprint density at radius 1 is 0.671 bits per heavy atom. The average molecular weight is 1060 g/mol. The second-order valence-corrected chi connectivity index (χ2v) is 22.5. The van der Waals surface area contributed by atoms with Gasteiger partial charge in [-0.2, -0.15) is 13.2 Å². The van der Waals surface area contributed by atoms with Gasteiger partial charge in [0.2, 0.25) is 0 Å². The molecule has 0 saturated heterocycles. The van der Waals surface area contributed by atoms with E-state index in [1.807, 2.05) is 142 Å². The Labute approximate surface area is 462 Å². The predicted octanol–water partition coefficient (Wildman–Crippen LogP) is 18.6. The number of rotatable bonds is 14. The molecule has 0 atom stereocenters. The average Bonchev–Trinajstić information content (AvgIpc) is 3.21. The molecule has 1 N–H and O–H groups in total. The van der Waals surface area contributed by atoms with Crippen molar-refractivity contribution in [1.29, 1.82) is 0 Å². The SMILES string of the molecule is CCCCCC1CCC(c2ccc(-c3ccc(C(=O)Nc4ccc(-c5cc6c7c(c8c(c6cc5OC)OC(c5ccc(OC)cc5)(c5ccc(OC)cc5)C=C8)C(C)(C)c5c-7cc(C)cc5C(F)(F)F)c(C)c4)cc3)cc2)CC1. The van der Waals surface area contributed by atoms with Crippen LogP contribution in [0.4, 0.5) is 18.9 Å². The van der Waals surface area contributed by atoms with Crippen LogP contribution >= 0.6 is 0 Å². The molecule has 1 aliphatic heterocycles. The fourth-order valence-electron chi connectivity index (χ4n) is 13.1. The standard InChI is InChI=1S/C70H68F3NO5/c1-9-10-11-12-44-13-15-45(16-14-44)46-17-19-47(20-18-46)48-21-23-49(24-22-48)67(75)74-52-29-34-55(43(3)39-52)57-40-58-59(41-62(57)78-8)66-56(65-63(58)60-37-42(2)38-61(70(71,72)73)64(60)68(65,4)5)35-36-69(79-66,50-25-30-53(76-6)31-26-50)51-27-32-54(77-7)33-28-51/h17-41,44-45H,9-16H2,1-8H3,(H,74,75). The molecular weight excluding hydrogens is 992 g/mol. The van der Waals surface area contributed by atoms with E-state index in [1.54, 1.807) is 28.3 Å². The molecule has 6 nitrogen and oxygen atoms in total. The molecule has 0 radical (unpaired) electrons. The van der Waals surface area contributed by atoms with Gasteiger partial charge in [-0.15, -0.1) is 0 Å². The van der Waals surface area contributed by atoms with E-state index >= 15 is 13.2 Å². The fraction of sp³-hybridized carbons (Fsp3) is 0.300. The molecular formula is C70H68F3NO5. The Balaban J connectivity index is 0.944. The number of anilines is 1. The number of hydrogen-bond acceptors (Lipinski definition) is 5. The van der Waals surface area contributed by atoms with Crippen molar-refractivity contribution in [2.24, 2.45) is 5.92 Å². The van der Waals surface area contributed by atoms with Crippen LogP contribution in [0, 0.1) is 19.8 Å². The number of amides is 1. The number of ether oxygens (including phenoxy) is 4. The van der Waals surface area contributed by atoms with Crippen LogP contribution in [0.1, 0.15) is 138 Å². The summed E-state index contributed by atoms with van der Waals surface area (Å²) in [6.45, 7) is 9.74. The summed E-state index contributed by atoms with van der Waals surface area (Å²) >= 11 is 0. The molecule has 404 valence electrons. The van der Waals surface area contributed by atoms with Crippen molar-refractivity contribution in [2.45, 2.75) is 109 Å². The van der Waals surface area contributed by atoms with Crippen LogP contribution in [0.5, 0.6) is 23.0 Å². The number of carbonyl (C=O) groups excluding carboxylic acids is 1. The second kappa shape index (κ2) is 21.1. The first-order valence-corrected chi connectivity index (χ1v) is 27.8. The van der Waals surface area contributed by atoms with Gasteiger partial charge >= 0.3 is 6.18 Å². The van der Waals surface area contributed by atoms with Crippen LogP contribution in [0.2, 0.25) is 0 Å². The summed E-state index contributed by atoms with van der Waals surface area (Å²) in [6, 6.07) is 45.1. The van der Waals surface area contributed by atoms with Gasteiger partial charge in [0.1, 0.15) is 23.0 Å². The number of carbonyl (C=O) groups is 1. The number of unbranched alkanes of at least 4 members (excludes halogenated alkanes) is 2. The molecule has 11 rings (SSSR count). The number of fused-ring (bicyclic) bond motifs is 8. The first kappa shape index (κ1) is 53.2. The van der Waals surface area contributed by atoms with E-state index in [0.29, 0.717) is 62.2 Å². The molecule has 8 aromatic carbocycles. The van der Waals surface area contributed by atoms with Crippen LogP contribution in [0.3, 0.4) is 0 Å². The number of halogens is 3. The molecule has 1 fully saturated rings. The Hall–Kier alpha value is -7.78. The number of methoxy groups -OCH3 is 3. The van der Waals surface area contributed by atoms with Gasteiger partial charge in [0.25, 0.3) is 5.91 Å². The van der Waals surface area contributed by atoms with Gasteiger partial charge in [-0.3, -0.25) is 4.79 Å². The lowest BCUT2D eigenvalue weighted by molar-refractivity contribution is -0.138. The third-order valence-electron chi connectivity index (χ3n) is 17.2. The van der Waals surface area contributed by atoms with Gasteiger partial charge < -0.3 is 24.3 Å². The van der Waals surface area contributed by atoms with E-state index in [9.17, 15) is 4.79 Å². The van der Waals surface area contributed by atoms with Crippen molar-refractivity contribution < 1.29 is 36.9 Å². The molecule has 0 bridgehead atoms. The van der Waals surface area contributed by atoms with Gasteiger partial charge in [0, 0.05) is 44.3 Å². The van der Waals surface area contributed by atoms with Crippen LogP contribution in [-0.2, 0) is 17.2 Å². The first-order chi connectivity index (χ1) is 38.0. The maximum atomic E-state index is 15.3. The summed E-state index contributed by atoms with van der Waals surface area (Å²) in [4.78, 5) is 13.8. The van der Waals surface area contributed by atoms with Crippen molar-refractivity contribution in [3.63, 3.8) is 0 Å². The number of nitrogens with one attached hydrogen (secondary N) is 1. The highest BCUT2D eigenvalue weighted by Gasteiger charge is 2.49. The number of benzene rings is 8. The number of alkyl halides is 3. The molecule has 9 heteroatoms. The third kappa shape index (κ3) is 9.74. The van der Waals surface area contributed by atoms with E-state index in [1.165, 1.54) is 63.0 Å². The topological polar surface area (TPSA) is 66.0 Å².